The zero-order chi connectivity index (χ0) is 18.6. The van der Waals surface area contributed by atoms with Crippen LogP contribution in [-0.4, -0.2) is 49.2 Å². The molecule has 1 aromatic carbocycles. The molecule has 7 heteroatoms. The van der Waals surface area contributed by atoms with Crippen molar-refractivity contribution in [3.8, 4) is 0 Å². The van der Waals surface area contributed by atoms with E-state index < -0.39 is 10.0 Å². The molecule has 1 amide bonds. The molecular weight excluding hydrogens is 360 g/mol. The normalized spacial score (nSPS) is 15.7. The molecule has 0 aliphatic heterocycles. The number of rotatable bonds is 7. The second-order valence-electron chi connectivity index (χ2n) is 6.26. The van der Waals surface area contributed by atoms with Crippen LogP contribution in [0.1, 0.15) is 56.8 Å². The molecule has 2 rings (SSSR count). The molecule has 0 aromatic heterocycles. The number of amides is 1. The zero-order valence-electron chi connectivity index (χ0n) is 15.2. The number of nitrogens with zero attached hydrogens (tertiary/aromatic N) is 2. The van der Waals surface area contributed by atoms with E-state index in [0.29, 0.717) is 24.7 Å². The van der Waals surface area contributed by atoms with Gasteiger partial charge in [0.05, 0.1) is 15.5 Å². The second kappa shape index (κ2) is 8.52. The van der Waals surface area contributed by atoms with Gasteiger partial charge in [0.2, 0.25) is 10.0 Å². The highest BCUT2D eigenvalue weighted by atomic mass is 35.5. The Morgan fingerprint density at radius 1 is 1.12 bits per heavy atom. The summed E-state index contributed by atoms with van der Waals surface area (Å²) in [5.74, 6) is -0.184. The van der Waals surface area contributed by atoms with E-state index in [0.717, 1.165) is 25.7 Å². The molecule has 1 saturated carbocycles. The lowest BCUT2D eigenvalue weighted by Gasteiger charge is -2.28. The van der Waals surface area contributed by atoms with Crippen LogP contribution in [0.5, 0.6) is 0 Å². The fourth-order valence-electron chi connectivity index (χ4n) is 3.48. The molecule has 0 unspecified atom stereocenters. The van der Waals surface area contributed by atoms with Crippen LogP contribution in [0.2, 0.25) is 5.02 Å². The third-order valence-electron chi connectivity index (χ3n) is 4.88. The Morgan fingerprint density at radius 2 is 1.72 bits per heavy atom. The molecule has 5 nitrogen and oxygen atoms in total. The Hall–Kier alpha value is -1.11. The summed E-state index contributed by atoms with van der Waals surface area (Å²) < 4.78 is 26.8. The van der Waals surface area contributed by atoms with Crippen molar-refractivity contribution in [1.82, 2.24) is 9.21 Å². The molecular formula is C18H27ClN2O3S. The zero-order valence-corrected chi connectivity index (χ0v) is 16.7. The number of sulfonamides is 1. The van der Waals surface area contributed by atoms with Gasteiger partial charge in [0.25, 0.3) is 5.91 Å². The lowest BCUT2D eigenvalue weighted by Crippen LogP contribution is -2.39. The average Bonchev–Trinajstić information content (AvgIpc) is 3.10. The van der Waals surface area contributed by atoms with Crippen molar-refractivity contribution >= 4 is 27.5 Å². The molecule has 1 aliphatic carbocycles. The third-order valence-corrected chi connectivity index (χ3v) is 7.25. The highest BCUT2D eigenvalue weighted by molar-refractivity contribution is 7.89. The van der Waals surface area contributed by atoms with Gasteiger partial charge < -0.3 is 4.90 Å². The van der Waals surface area contributed by atoms with Crippen molar-refractivity contribution in [3.05, 3.63) is 28.8 Å². The van der Waals surface area contributed by atoms with Gasteiger partial charge in [-0.15, -0.1) is 0 Å². The van der Waals surface area contributed by atoms with Crippen LogP contribution in [0.3, 0.4) is 0 Å². The van der Waals surface area contributed by atoms with Crippen LogP contribution in [0, 0.1) is 0 Å². The third kappa shape index (κ3) is 4.18. The van der Waals surface area contributed by atoms with Gasteiger partial charge in [0.15, 0.2) is 0 Å². The maximum atomic E-state index is 13.0. The lowest BCUT2D eigenvalue weighted by molar-refractivity contribution is 0.0693. The minimum atomic E-state index is -3.62. The minimum absolute atomic E-state index is 0.117. The Labute approximate surface area is 156 Å². The van der Waals surface area contributed by atoms with E-state index in [1.54, 1.807) is 13.8 Å². The number of hydrogen-bond acceptors (Lipinski definition) is 3. The Bertz CT molecular complexity index is 711. The predicted molar refractivity (Wildman–Crippen MR) is 101 cm³/mol. The van der Waals surface area contributed by atoms with Crippen LogP contribution in [0.4, 0.5) is 0 Å². The molecule has 0 radical (unpaired) electrons. The molecule has 1 aliphatic rings. The summed E-state index contributed by atoms with van der Waals surface area (Å²) in [6, 6.07) is 4.62. The summed E-state index contributed by atoms with van der Waals surface area (Å²) in [5.41, 5.74) is 0.267. The van der Waals surface area contributed by atoms with Crippen LogP contribution < -0.4 is 0 Å². The van der Waals surface area contributed by atoms with E-state index >= 15 is 0 Å². The van der Waals surface area contributed by atoms with Crippen LogP contribution in [0.15, 0.2) is 23.1 Å². The number of halogens is 1. The first-order valence-electron chi connectivity index (χ1n) is 8.97. The van der Waals surface area contributed by atoms with E-state index in [1.165, 1.54) is 22.5 Å². The minimum Gasteiger partial charge on any atom is -0.336 e. The van der Waals surface area contributed by atoms with Crippen LogP contribution in [-0.2, 0) is 10.0 Å². The van der Waals surface area contributed by atoms with Crippen molar-refractivity contribution in [2.45, 2.75) is 57.4 Å². The van der Waals surface area contributed by atoms with Gasteiger partial charge in [-0.25, -0.2) is 8.42 Å². The highest BCUT2D eigenvalue weighted by Gasteiger charge is 2.29. The molecule has 0 N–H and O–H groups in total. The SMILES string of the molecule is CCN(C(=O)c1cc(S(=O)(=O)N(CC)CC)ccc1Cl)C1CCCC1. The van der Waals surface area contributed by atoms with Crippen molar-refractivity contribution in [1.29, 1.82) is 0 Å². The summed E-state index contributed by atoms with van der Waals surface area (Å²) in [7, 11) is -3.62. The first kappa shape index (κ1) is 20.2. The maximum absolute atomic E-state index is 13.0. The average molecular weight is 387 g/mol. The van der Waals surface area contributed by atoms with Gasteiger partial charge in [0.1, 0.15) is 0 Å². The Morgan fingerprint density at radius 3 is 2.24 bits per heavy atom. The molecule has 25 heavy (non-hydrogen) atoms. The topological polar surface area (TPSA) is 57.7 Å². The first-order chi connectivity index (χ1) is 11.9. The first-order valence-corrected chi connectivity index (χ1v) is 10.8. The summed E-state index contributed by atoms with van der Waals surface area (Å²) in [6.07, 6.45) is 4.24. The van der Waals surface area contributed by atoms with Gasteiger partial charge in [0, 0.05) is 25.7 Å². The van der Waals surface area contributed by atoms with Gasteiger partial charge in [-0.05, 0) is 38.0 Å². The summed E-state index contributed by atoms with van der Waals surface area (Å²) in [4.78, 5) is 14.9. The summed E-state index contributed by atoms with van der Waals surface area (Å²) >= 11 is 6.24. The molecule has 0 atom stereocenters. The van der Waals surface area contributed by atoms with Crippen molar-refractivity contribution in [2.24, 2.45) is 0 Å². The van der Waals surface area contributed by atoms with Crippen LogP contribution >= 0.6 is 11.6 Å². The van der Waals surface area contributed by atoms with Gasteiger partial charge in [-0.1, -0.05) is 38.3 Å². The van der Waals surface area contributed by atoms with Crippen molar-refractivity contribution in [2.75, 3.05) is 19.6 Å². The highest BCUT2D eigenvalue weighted by Crippen LogP contribution is 2.28. The number of hydrogen-bond donors (Lipinski definition) is 0. The van der Waals surface area contributed by atoms with Crippen molar-refractivity contribution in [3.63, 3.8) is 0 Å². The molecule has 0 spiro atoms. The molecule has 0 bridgehead atoms. The molecule has 140 valence electrons. The predicted octanol–water partition coefficient (Wildman–Crippen LogP) is 3.78. The lowest BCUT2D eigenvalue weighted by atomic mass is 10.1. The van der Waals surface area contributed by atoms with Crippen molar-refractivity contribution < 1.29 is 13.2 Å². The molecule has 0 heterocycles. The fourth-order valence-corrected chi connectivity index (χ4v) is 5.16. The monoisotopic (exact) mass is 386 g/mol. The molecule has 1 aromatic rings. The number of carbonyl (C=O) groups excluding carboxylic acids is 1. The Kier molecular flexibility index (Phi) is 6.88. The molecule has 1 fully saturated rings. The fraction of sp³-hybridized carbons (Fsp3) is 0.611. The number of carbonyl (C=O) groups is 1. The standard InChI is InChI=1S/C18H27ClN2O3S/c1-4-20(5-2)25(23,24)15-11-12-17(19)16(13-15)18(22)21(6-3)14-9-7-8-10-14/h11-14H,4-10H2,1-3H3. The Balaban J connectivity index is 2.40. The quantitative estimate of drug-likeness (QED) is 0.716. The van der Waals surface area contributed by atoms with Gasteiger partial charge in [-0.3, -0.25) is 4.79 Å². The van der Waals surface area contributed by atoms with E-state index in [1.807, 2.05) is 11.8 Å². The van der Waals surface area contributed by atoms with Crippen LogP contribution in [0.25, 0.3) is 0 Å². The smallest absolute Gasteiger partial charge is 0.255 e. The van der Waals surface area contributed by atoms with Gasteiger partial charge >= 0.3 is 0 Å². The van der Waals surface area contributed by atoms with Gasteiger partial charge in [-0.2, -0.15) is 4.31 Å². The van der Waals surface area contributed by atoms with E-state index in [-0.39, 0.29) is 22.4 Å². The summed E-state index contributed by atoms with van der Waals surface area (Å²) in [6.45, 7) is 6.89. The van der Waals surface area contributed by atoms with E-state index in [4.69, 9.17) is 11.6 Å². The number of benzene rings is 1. The molecule has 0 saturated heterocycles. The summed E-state index contributed by atoms with van der Waals surface area (Å²) in [5, 5.41) is 0.292. The largest absolute Gasteiger partial charge is 0.336 e. The maximum Gasteiger partial charge on any atom is 0.255 e. The van der Waals surface area contributed by atoms with E-state index in [2.05, 4.69) is 0 Å². The van der Waals surface area contributed by atoms with E-state index in [9.17, 15) is 13.2 Å². The second-order valence-corrected chi connectivity index (χ2v) is 8.61.